The monoisotopic (exact) mass is 693 g/mol. The van der Waals surface area contributed by atoms with Gasteiger partial charge in [0.1, 0.15) is 17.7 Å². The molecule has 11 nitrogen and oxygen atoms in total. The van der Waals surface area contributed by atoms with Crippen molar-refractivity contribution in [1.29, 1.82) is 0 Å². The van der Waals surface area contributed by atoms with Crippen LogP contribution < -0.4 is 15.4 Å². The van der Waals surface area contributed by atoms with Gasteiger partial charge in [0.15, 0.2) is 0 Å². The van der Waals surface area contributed by atoms with Crippen molar-refractivity contribution in [3.8, 4) is 6.01 Å². The first-order valence-electron chi connectivity index (χ1n) is 17.5. The molecular weight excluding hydrogens is 645 g/mol. The summed E-state index contributed by atoms with van der Waals surface area (Å²) in [6, 6.07) is 9.33. The maximum Gasteiger partial charge on any atom is 0.318 e. The van der Waals surface area contributed by atoms with Crippen LogP contribution in [0, 0.1) is 6.92 Å². The van der Waals surface area contributed by atoms with Gasteiger partial charge in [0.05, 0.1) is 30.1 Å². The fourth-order valence-corrected chi connectivity index (χ4v) is 7.95. The lowest BCUT2D eigenvalue weighted by molar-refractivity contribution is 0.212. The third kappa shape index (κ3) is 7.61. The molecule has 1 aromatic carbocycles. The van der Waals surface area contributed by atoms with E-state index in [0.29, 0.717) is 42.3 Å². The van der Waals surface area contributed by atoms with Crippen LogP contribution in [-0.4, -0.2) is 94.2 Å². The molecule has 0 aliphatic carbocycles. The minimum Gasteiger partial charge on any atom is -0.467 e. The number of anilines is 1. The van der Waals surface area contributed by atoms with Gasteiger partial charge in [-0.3, -0.25) is 14.8 Å². The quantitative estimate of drug-likeness (QED) is 0.332. The summed E-state index contributed by atoms with van der Waals surface area (Å²) in [5.74, 6) is 1.52. The zero-order valence-electron chi connectivity index (χ0n) is 29.4. The molecule has 4 aliphatic heterocycles. The molecule has 0 amide bonds. The van der Waals surface area contributed by atoms with E-state index in [1.54, 1.807) is 14.0 Å². The Balaban J connectivity index is 0.000000353. The molecule has 264 valence electrons. The number of hydrogen-bond acceptors (Lipinski definition) is 11. The first-order chi connectivity index (χ1) is 23.6. The molecule has 0 spiro atoms. The highest BCUT2D eigenvalue weighted by atomic mass is 35.5. The summed E-state index contributed by atoms with van der Waals surface area (Å²) in [7, 11) is 3.78. The number of halogens is 2. The zero-order chi connectivity index (χ0) is 34.7. The van der Waals surface area contributed by atoms with E-state index in [4.69, 9.17) is 41.6 Å². The van der Waals surface area contributed by atoms with E-state index in [1.807, 2.05) is 0 Å². The Labute approximate surface area is 293 Å². The molecule has 3 aromatic rings. The summed E-state index contributed by atoms with van der Waals surface area (Å²) in [5.41, 5.74) is 12.3. The molecule has 2 fully saturated rings. The average molecular weight is 694 g/mol. The Kier molecular flexibility index (Phi) is 10.9. The minimum absolute atomic E-state index is 0.226. The normalized spacial score (nSPS) is 24.7. The second-order valence-corrected chi connectivity index (χ2v) is 14.2. The highest BCUT2D eigenvalue weighted by Crippen LogP contribution is 2.40. The molecule has 6 heterocycles. The maximum absolute atomic E-state index is 12.8. The molecule has 4 aliphatic rings. The number of fused-ring (bicyclic) bond motifs is 2. The third-order valence-corrected chi connectivity index (χ3v) is 10.7. The number of methoxy groups -OCH3 is 1. The van der Waals surface area contributed by atoms with Crippen LogP contribution in [0.1, 0.15) is 86.1 Å². The number of ether oxygens (including phenoxy) is 1. The Bertz CT molecular complexity index is 1700. The molecule has 0 saturated carbocycles. The molecule has 2 aromatic heterocycles. The molecule has 2 N–H and O–H groups in total. The number of aromatic nitrogens is 4. The number of nitrogens with two attached hydrogens (primary N) is 1. The maximum atomic E-state index is 12.8. The smallest absolute Gasteiger partial charge is 0.318 e. The predicted octanol–water partition coefficient (Wildman–Crippen LogP) is 5.66. The van der Waals surface area contributed by atoms with Crippen LogP contribution >= 0.6 is 11.6 Å². The van der Waals surface area contributed by atoms with Crippen molar-refractivity contribution in [2.45, 2.75) is 90.0 Å². The summed E-state index contributed by atoms with van der Waals surface area (Å²) < 4.78 is 23.5. The number of hydrogen-bond donors (Lipinski definition) is 1. The lowest BCUT2D eigenvalue weighted by atomic mass is 9.89. The molecule has 3 unspecified atom stereocenters. The molecular formula is C36H49ClFN9O2. The molecule has 7 rings (SSSR count). The number of rotatable bonds is 7. The van der Waals surface area contributed by atoms with E-state index in [1.165, 1.54) is 24.0 Å². The number of aliphatic imine (C=N–C) groups is 1. The SMILES string of the molecule is CC12CCCN1CC(F)C2.CCCc1ccccc1C1Cc2nc(OC)nc(N3CCCN=C(/C(Cl)=C(\N)c4noc(C)n4)C3)c2CN1C. The largest absolute Gasteiger partial charge is 0.467 e. The van der Waals surface area contributed by atoms with Gasteiger partial charge in [-0.1, -0.05) is 54.4 Å². The van der Waals surface area contributed by atoms with Crippen LogP contribution in [0.15, 0.2) is 38.8 Å². The van der Waals surface area contributed by atoms with E-state index in [-0.39, 0.29) is 23.1 Å². The number of aryl methyl sites for hydroxylation is 2. The number of alkyl halides is 1. The first-order valence-corrected chi connectivity index (χ1v) is 17.8. The average Bonchev–Trinajstić information content (AvgIpc) is 3.69. The Morgan fingerprint density at radius 2 is 1.98 bits per heavy atom. The van der Waals surface area contributed by atoms with Crippen molar-refractivity contribution in [1.82, 2.24) is 29.9 Å². The highest BCUT2D eigenvalue weighted by molar-refractivity contribution is 6.46. The minimum atomic E-state index is -0.551. The van der Waals surface area contributed by atoms with Gasteiger partial charge in [-0.15, -0.1) is 0 Å². The van der Waals surface area contributed by atoms with Gasteiger partial charge in [0.25, 0.3) is 0 Å². The summed E-state index contributed by atoms with van der Waals surface area (Å²) in [4.78, 5) is 25.5. The number of benzene rings is 1. The van der Waals surface area contributed by atoms with E-state index in [9.17, 15) is 4.39 Å². The second kappa shape index (κ2) is 15.1. The molecule has 3 atom stereocenters. The van der Waals surface area contributed by atoms with Gasteiger partial charge in [-0.05, 0) is 63.7 Å². The van der Waals surface area contributed by atoms with E-state index in [2.05, 4.69) is 70.0 Å². The summed E-state index contributed by atoms with van der Waals surface area (Å²) in [6.07, 6.45) is 6.48. The Morgan fingerprint density at radius 3 is 2.71 bits per heavy atom. The van der Waals surface area contributed by atoms with Crippen LogP contribution in [0.3, 0.4) is 0 Å². The van der Waals surface area contributed by atoms with E-state index in [0.717, 1.165) is 68.8 Å². The molecule has 13 heteroatoms. The highest BCUT2D eigenvalue weighted by Gasteiger charge is 2.44. The van der Waals surface area contributed by atoms with E-state index >= 15 is 0 Å². The van der Waals surface area contributed by atoms with Crippen molar-refractivity contribution < 1.29 is 13.7 Å². The van der Waals surface area contributed by atoms with Crippen LogP contribution in [-0.2, 0) is 19.4 Å². The predicted molar refractivity (Wildman–Crippen MR) is 191 cm³/mol. The van der Waals surface area contributed by atoms with Crippen LogP contribution in [0.4, 0.5) is 10.2 Å². The fraction of sp³-hybridized carbons (Fsp3) is 0.583. The third-order valence-electron chi connectivity index (χ3n) is 10.3. The Morgan fingerprint density at radius 1 is 1.16 bits per heavy atom. The van der Waals surface area contributed by atoms with Gasteiger partial charge in [-0.2, -0.15) is 15.0 Å². The van der Waals surface area contributed by atoms with Crippen molar-refractivity contribution >= 4 is 28.8 Å². The van der Waals surface area contributed by atoms with Gasteiger partial charge in [-0.25, -0.2) is 4.39 Å². The molecule has 2 saturated heterocycles. The van der Waals surface area contributed by atoms with Crippen LogP contribution in [0.5, 0.6) is 6.01 Å². The van der Waals surface area contributed by atoms with Crippen LogP contribution in [0.25, 0.3) is 5.70 Å². The van der Waals surface area contributed by atoms with Gasteiger partial charge in [0.2, 0.25) is 11.7 Å². The fourth-order valence-electron chi connectivity index (χ4n) is 7.75. The van der Waals surface area contributed by atoms with Gasteiger partial charge < -0.3 is 19.9 Å². The lowest BCUT2D eigenvalue weighted by Crippen LogP contribution is -2.37. The zero-order valence-corrected chi connectivity index (χ0v) is 30.1. The number of likely N-dealkylation sites (N-methyl/N-ethyl adjacent to an activating group) is 1. The van der Waals surface area contributed by atoms with Gasteiger partial charge in [0, 0.05) is 56.7 Å². The first kappa shape index (κ1) is 35.2. The summed E-state index contributed by atoms with van der Waals surface area (Å²) in [6.45, 7) is 10.5. The summed E-state index contributed by atoms with van der Waals surface area (Å²) in [5, 5.41) is 4.23. The molecule has 0 bridgehead atoms. The van der Waals surface area contributed by atoms with Crippen molar-refractivity contribution in [2.24, 2.45) is 10.7 Å². The van der Waals surface area contributed by atoms with Crippen LogP contribution in [0.2, 0.25) is 0 Å². The number of nitrogens with zero attached hydrogens (tertiary/aromatic N) is 8. The Hall–Kier alpha value is -3.61. The topological polar surface area (TPSA) is 122 Å². The van der Waals surface area contributed by atoms with Crippen molar-refractivity contribution in [2.75, 3.05) is 51.8 Å². The van der Waals surface area contributed by atoms with E-state index < -0.39 is 6.17 Å². The molecule has 0 radical (unpaired) electrons. The van der Waals surface area contributed by atoms with Gasteiger partial charge >= 0.3 is 6.01 Å². The summed E-state index contributed by atoms with van der Waals surface area (Å²) >= 11 is 6.74. The second-order valence-electron chi connectivity index (χ2n) is 13.9. The van der Waals surface area contributed by atoms with Crippen molar-refractivity contribution in [3.63, 3.8) is 0 Å². The molecule has 49 heavy (non-hydrogen) atoms. The standard InChI is InChI=1S/C28H35ClN8O2.C8H14FN/c1-5-9-18-10-6-7-11-19(18)23-14-21-20(15-36(23)3)27(34-28(33-21)38-4)37-13-8-12-31-22(16-37)24(29)25(30)26-32-17(2)39-35-26;1-8-3-2-4-10(8)6-7(9)5-8/h6-7,10-11,23H,5,8-9,12-16,30H2,1-4H3;7H,2-6H2,1H3/b25-24+;. The van der Waals surface area contributed by atoms with Crippen molar-refractivity contribution in [3.05, 3.63) is 63.4 Å². The lowest BCUT2D eigenvalue weighted by Gasteiger charge is -2.37.